The Morgan fingerprint density at radius 2 is 1.91 bits per heavy atom. The minimum atomic E-state index is -0.521. The number of nitrogens with one attached hydrogen (secondary N) is 3. The number of benzene rings is 1. The van der Waals surface area contributed by atoms with Crippen molar-refractivity contribution < 1.29 is 14.3 Å². The number of carbonyl (C=O) groups excluding carboxylic acids is 2. The molecule has 33 heavy (non-hydrogen) atoms. The van der Waals surface area contributed by atoms with E-state index >= 15 is 0 Å². The zero-order chi connectivity index (χ0) is 23.6. The van der Waals surface area contributed by atoms with Crippen LogP contribution in [0, 0.1) is 0 Å². The molecule has 2 aromatic heterocycles. The molecule has 9 nitrogen and oxygen atoms in total. The lowest BCUT2D eigenvalue weighted by atomic mass is 10.2. The van der Waals surface area contributed by atoms with E-state index in [0.717, 1.165) is 22.7 Å². The molecule has 3 rings (SSSR count). The van der Waals surface area contributed by atoms with Crippen LogP contribution in [-0.4, -0.2) is 39.6 Å². The molecule has 0 aliphatic carbocycles. The van der Waals surface area contributed by atoms with Crippen molar-refractivity contribution in [3.8, 4) is 0 Å². The van der Waals surface area contributed by atoms with Crippen molar-refractivity contribution in [3.05, 3.63) is 54.9 Å². The summed E-state index contributed by atoms with van der Waals surface area (Å²) in [7, 11) is 0. The predicted molar refractivity (Wildman–Crippen MR) is 131 cm³/mol. The predicted octanol–water partition coefficient (Wildman–Crippen LogP) is 5.29. The molecule has 2 heterocycles. The summed E-state index contributed by atoms with van der Waals surface area (Å²) in [5, 5.41) is 12.9. The summed E-state index contributed by atoms with van der Waals surface area (Å²) in [5.41, 5.74) is 1.76. The van der Waals surface area contributed by atoms with E-state index < -0.39 is 12.1 Å². The molecule has 0 bridgehead atoms. The molecule has 0 saturated heterocycles. The molecule has 0 aliphatic heterocycles. The number of esters is 1. The Balaban J connectivity index is 1.57. The normalized spacial score (nSPS) is 11.5. The highest BCUT2D eigenvalue weighted by Crippen LogP contribution is 2.22. The fourth-order valence-corrected chi connectivity index (χ4v) is 3.58. The summed E-state index contributed by atoms with van der Waals surface area (Å²) >= 11 is 1.67. The van der Waals surface area contributed by atoms with Crippen LogP contribution < -0.4 is 16.0 Å². The van der Waals surface area contributed by atoms with Gasteiger partial charge in [0.25, 0.3) is 0 Å². The smallest absolute Gasteiger partial charge is 0.330 e. The Labute approximate surface area is 197 Å². The molecule has 0 spiro atoms. The van der Waals surface area contributed by atoms with Crippen molar-refractivity contribution in [2.75, 3.05) is 28.8 Å². The minimum absolute atomic E-state index is 0.305. The van der Waals surface area contributed by atoms with Crippen LogP contribution >= 0.6 is 11.8 Å². The van der Waals surface area contributed by atoms with Crippen LogP contribution in [0.25, 0.3) is 0 Å². The van der Waals surface area contributed by atoms with Crippen LogP contribution in [0.4, 0.5) is 27.8 Å². The number of rotatable bonds is 10. The van der Waals surface area contributed by atoms with Gasteiger partial charge in [-0.1, -0.05) is 19.4 Å². The zero-order valence-corrected chi connectivity index (χ0v) is 19.7. The molecule has 1 unspecified atom stereocenters. The Morgan fingerprint density at radius 1 is 1.09 bits per heavy atom. The highest BCUT2D eigenvalue weighted by molar-refractivity contribution is 7.98. The number of nitrogens with zero attached hydrogens (tertiary/aromatic N) is 3. The average Bonchev–Trinajstić information content (AvgIpc) is 3.26. The van der Waals surface area contributed by atoms with Gasteiger partial charge in [0.05, 0.1) is 18.5 Å². The molecular weight excluding hydrogens is 440 g/mol. The number of anilines is 4. The van der Waals surface area contributed by atoms with Crippen molar-refractivity contribution in [1.82, 2.24) is 14.8 Å². The summed E-state index contributed by atoms with van der Waals surface area (Å²) in [4.78, 5) is 30.0. The molecule has 1 aromatic carbocycles. The second-order valence-electron chi connectivity index (χ2n) is 7.11. The van der Waals surface area contributed by atoms with E-state index in [1.165, 1.54) is 4.68 Å². The van der Waals surface area contributed by atoms with E-state index in [4.69, 9.17) is 4.74 Å². The van der Waals surface area contributed by atoms with E-state index in [1.54, 1.807) is 43.2 Å². The van der Waals surface area contributed by atoms with Crippen molar-refractivity contribution in [1.29, 1.82) is 0 Å². The molecule has 3 aromatic rings. The lowest BCUT2D eigenvalue weighted by Crippen LogP contribution is -2.23. The Bertz CT molecular complexity index is 1070. The van der Waals surface area contributed by atoms with Crippen LogP contribution in [0.2, 0.25) is 0 Å². The molecule has 0 aliphatic rings. The van der Waals surface area contributed by atoms with Gasteiger partial charge in [-0.15, -0.1) is 11.8 Å². The maximum absolute atomic E-state index is 12.3. The molecule has 1 atom stereocenters. The quantitative estimate of drug-likeness (QED) is 0.274. The van der Waals surface area contributed by atoms with Gasteiger partial charge in [0.1, 0.15) is 11.9 Å². The first kappa shape index (κ1) is 24.1. The van der Waals surface area contributed by atoms with Gasteiger partial charge < -0.3 is 10.1 Å². The van der Waals surface area contributed by atoms with Gasteiger partial charge in [-0.2, -0.15) is 5.10 Å². The maximum atomic E-state index is 12.3. The van der Waals surface area contributed by atoms with Gasteiger partial charge in [-0.25, -0.2) is 14.6 Å². The molecule has 10 heteroatoms. The van der Waals surface area contributed by atoms with Crippen molar-refractivity contribution in [2.45, 2.75) is 37.6 Å². The lowest BCUT2D eigenvalue weighted by molar-refractivity contribution is -0.147. The van der Waals surface area contributed by atoms with Crippen LogP contribution in [0.15, 0.2) is 59.8 Å². The molecule has 174 valence electrons. The third-order valence-electron chi connectivity index (χ3n) is 4.65. The van der Waals surface area contributed by atoms with Crippen LogP contribution in [-0.2, 0) is 9.53 Å². The number of urea groups is 1. The number of ether oxygens (including phenoxy) is 1. The Morgan fingerprint density at radius 3 is 2.61 bits per heavy atom. The number of aromatic nitrogens is 3. The number of hydrogen-bond acceptors (Lipinski definition) is 7. The van der Waals surface area contributed by atoms with Crippen LogP contribution in [0.3, 0.4) is 0 Å². The first-order chi connectivity index (χ1) is 16.0. The second kappa shape index (κ2) is 11.9. The third kappa shape index (κ3) is 6.98. The summed E-state index contributed by atoms with van der Waals surface area (Å²) < 4.78 is 6.64. The number of carbonyl (C=O) groups is 2. The van der Waals surface area contributed by atoms with Gasteiger partial charge in [-0.05, 0) is 49.9 Å². The standard InChI is InChI=1S/C23H28N6O3S/c1-4-7-19(22(30)32-5-2)29-13-12-21(28-29)27-23(31)26-20-11-10-17(15-24-20)25-16-8-6-9-18(14-16)33-3/h6,8-15,19,25H,4-5,7H2,1-3H3,(H2,24,26,27,28,31). The van der Waals surface area contributed by atoms with E-state index in [-0.39, 0.29) is 5.97 Å². The highest BCUT2D eigenvalue weighted by atomic mass is 32.2. The second-order valence-corrected chi connectivity index (χ2v) is 7.99. The number of thioether (sulfide) groups is 1. The fourth-order valence-electron chi connectivity index (χ4n) is 3.12. The third-order valence-corrected chi connectivity index (χ3v) is 5.38. The van der Waals surface area contributed by atoms with Gasteiger partial charge in [0.2, 0.25) is 0 Å². The maximum Gasteiger partial charge on any atom is 0.330 e. The lowest BCUT2D eigenvalue weighted by Gasteiger charge is -2.15. The average molecular weight is 469 g/mol. The van der Waals surface area contributed by atoms with Gasteiger partial charge in [0, 0.05) is 22.8 Å². The van der Waals surface area contributed by atoms with Gasteiger partial charge in [0.15, 0.2) is 5.82 Å². The summed E-state index contributed by atoms with van der Waals surface area (Å²) in [5.74, 6) is 0.382. The number of amides is 2. The molecular formula is C23H28N6O3S. The summed E-state index contributed by atoms with van der Waals surface area (Å²) in [6.45, 7) is 4.05. The highest BCUT2D eigenvalue weighted by Gasteiger charge is 2.22. The van der Waals surface area contributed by atoms with E-state index in [9.17, 15) is 9.59 Å². The summed E-state index contributed by atoms with van der Waals surface area (Å²) in [6.07, 6.45) is 6.72. The van der Waals surface area contributed by atoms with Gasteiger partial charge in [-0.3, -0.25) is 15.3 Å². The zero-order valence-electron chi connectivity index (χ0n) is 18.9. The Hall–Kier alpha value is -3.53. The topological polar surface area (TPSA) is 110 Å². The minimum Gasteiger partial charge on any atom is -0.464 e. The number of pyridine rings is 1. The van der Waals surface area contributed by atoms with Crippen LogP contribution in [0.5, 0.6) is 0 Å². The SMILES string of the molecule is CCCC(C(=O)OCC)n1ccc(NC(=O)Nc2ccc(Nc3cccc(SC)c3)cn2)n1. The first-order valence-electron chi connectivity index (χ1n) is 10.7. The van der Waals surface area contributed by atoms with E-state index in [2.05, 4.69) is 32.1 Å². The molecule has 3 N–H and O–H groups in total. The van der Waals surface area contributed by atoms with Crippen molar-refractivity contribution in [3.63, 3.8) is 0 Å². The monoisotopic (exact) mass is 468 g/mol. The molecule has 0 saturated carbocycles. The molecule has 2 amide bonds. The van der Waals surface area contributed by atoms with E-state index in [0.29, 0.717) is 24.7 Å². The fraction of sp³-hybridized carbons (Fsp3) is 0.304. The van der Waals surface area contributed by atoms with Crippen LogP contribution in [0.1, 0.15) is 32.7 Å². The summed E-state index contributed by atoms with van der Waals surface area (Å²) in [6, 6.07) is 12.2. The van der Waals surface area contributed by atoms with E-state index in [1.807, 2.05) is 37.4 Å². The van der Waals surface area contributed by atoms with Crippen molar-refractivity contribution in [2.24, 2.45) is 0 Å². The Kier molecular flexibility index (Phi) is 8.71. The molecule has 0 radical (unpaired) electrons. The number of hydrogen-bond donors (Lipinski definition) is 3. The largest absolute Gasteiger partial charge is 0.464 e. The first-order valence-corrected chi connectivity index (χ1v) is 11.9. The van der Waals surface area contributed by atoms with Crippen molar-refractivity contribution >= 4 is 46.8 Å². The van der Waals surface area contributed by atoms with Gasteiger partial charge >= 0.3 is 12.0 Å². The molecule has 0 fully saturated rings.